The highest BCUT2D eigenvalue weighted by molar-refractivity contribution is 5.72. The van der Waals surface area contributed by atoms with Crippen LogP contribution < -0.4 is 0 Å². The second kappa shape index (κ2) is 4.49. The highest BCUT2D eigenvalue weighted by atomic mass is 16.4. The van der Waals surface area contributed by atoms with Crippen LogP contribution in [0.15, 0.2) is 30.3 Å². The molecule has 0 aromatic heterocycles. The minimum atomic E-state index is -1.21. The second-order valence-electron chi connectivity index (χ2n) is 4.76. The number of carboxylic acid groups (broad SMARTS) is 1. The summed E-state index contributed by atoms with van der Waals surface area (Å²) in [5.74, 6) is -1.55. The standard InChI is InChI=1S/C14H18O3/c1-2-12(13(15)16)14(17,11-8-9-11)10-6-4-3-5-7-10/h3-7,11-12,17H,2,8-9H2,1H3,(H,15,16). The van der Waals surface area contributed by atoms with E-state index in [1.165, 1.54) is 0 Å². The van der Waals surface area contributed by atoms with Crippen LogP contribution in [0.4, 0.5) is 0 Å². The van der Waals surface area contributed by atoms with E-state index in [0.717, 1.165) is 18.4 Å². The molecule has 0 saturated heterocycles. The molecule has 0 aliphatic heterocycles. The lowest BCUT2D eigenvalue weighted by atomic mass is 9.76. The average Bonchev–Trinajstić information content (AvgIpc) is 3.14. The molecule has 17 heavy (non-hydrogen) atoms. The zero-order valence-corrected chi connectivity index (χ0v) is 9.97. The van der Waals surface area contributed by atoms with Crippen molar-refractivity contribution in [3.8, 4) is 0 Å². The van der Waals surface area contributed by atoms with E-state index >= 15 is 0 Å². The number of carboxylic acids is 1. The summed E-state index contributed by atoms with van der Waals surface area (Å²) in [5.41, 5.74) is -0.473. The first-order valence-corrected chi connectivity index (χ1v) is 6.11. The SMILES string of the molecule is CCC(C(=O)O)C(O)(c1ccccc1)C1CC1. The van der Waals surface area contributed by atoms with E-state index in [1.807, 2.05) is 37.3 Å². The minimum Gasteiger partial charge on any atom is -0.481 e. The molecule has 2 N–H and O–H groups in total. The molecule has 2 unspecified atom stereocenters. The lowest BCUT2D eigenvalue weighted by Crippen LogP contribution is -2.41. The van der Waals surface area contributed by atoms with E-state index in [1.54, 1.807) is 0 Å². The van der Waals surface area contributed by atoms with Gasteiger partial charge >= 0.3 is 5.97 Å². The molecule has 1 aromatic carbocycles. The van der Waals surface area contributed by atoms with Gasteiger partial charge in [0.25, 0.3) is 0 Å². The zero-order valence-electron chi connectivity index (χ0n) is 9.97. The van der Waals surface area contributed by atoms with Crippen molar-refractivity contribution in [1.29, 1.82) is 0 Å². The molecule has 3 heteroatoms. The average molecular weight is 234 g/mol. The van der Waals surface area contributed by atoms with E-state index in [9.17, 15) is 15.0 Å². The summed E-state index contributed by atoms with van der Waals surface area (Å²) in [4.78, 5) is 11.3. The molecule has 0 spiro atoms. The van der Waals surface area contributed by atoms with Gasteiger partial charge in [-0.2, -0.15) is 0 Å². The molecule has 0 amide bonds. The molecule has 92 valence electrons. The van der Waals surface area contributed by atoms with Gasteiger partial charge in [-0.25, -0.2) is 0 Å². The van der Waals surface area contributed by atoms with Gasteiger partial charge in [-0.05, 0) is 30.7 Å². The van der Waals surface area contributed by atoms with Crippen molar-refractivity contribution in [2.45, 2.75) is 31.8 Å². The number of hydrogen-bond acceptors (Lipinski definition) is 2. The number of rotatable bonds is 5. The zero-order chi connectivity index (χ0) is 12.5. The van der Waals surface area contributed by atoms with Crippen molar-refractivity contribution < 1.29 is 15.0 Å². The maximum atomic E-state index is 11.3. The van der Waals surface area contributed by atoms with Crippen LogP contribution in [0.5, 0.6) is 0 Å². The molecule has 2 rings (SSSR count). The molecule has 2 atom stereocenters. The number of hydrogen-bond donors (Lipinski definition) is 2. The van der Waals surface area contributed by atoms with Crippen LogP contribution in [0.3, 0.4) is 0 Å². The summed E-state index contributed by atoms with van der Waals surface area (Å²) in [7, 11) is 0. The Morgan fingerprint density at radius 3 is 2.41 bits per heavy atom. The van der Waals surface area contributed by atoms with Crippen molar-refractivity contribution in [2.75, 3.05) is 0 Å². The predicted octanol–water partition coefficient (Wildman–Crippen LogP) is 2.40. The summed E-state index contributed by atoms with van der Waals surface area (Å²) < 4.78 is 0. The third-order valence-electron chi connectivity index (χ3n) is 3.67. The van der Waals surface area contributed by atoms with Gasteiger partial charge in [0, 0.05) is 0 Å². The van der Waals surface area contributed by atoms with Gasteiger partial charge in [0.05, 0.1) is 5.92 Å². The predicted molar refractivity (Wildman–Crippen MR) is 64.5 cm³/mol. The quantitative estimate of drug-likeness (QED) is 0.822. The van der Waals surface area contributed by atoms with Gasteiger partial charge in [-0.3, -0.25) is 4.79 Å². The highest BCUT2D eigenvalue weighted by Crippen LogP contribution is 2.50. The van der Waals surface area contributed by atoms with Gasteiger partial charge in [0.15, 0.2) is 0 Å². The lowest BCUT2D eigenvalue weighted by molar-refractivity contribution is -0.155. The third-order valence-corrected chi connectivity index (χ3v) is 3.67. The van der Waals surface area contributed by atoms with Gasteiger partial charge in [-0.15, -0.1) is 0 Å². The van der Waals surface area contributed by atoms with Crippen molar-refractivity contribution in [1.82, 2.24) is 0 Å². The molecular weight excluding hydrogens is 216 g/mol. The summed E-state index contributed by atoms with van der Waals surface area (Å²) in [6, 6.07) is 9.21. The topological polar surface area (TPSA) is 57.5 Å². The van der Waals surface area contributed by atoms with Crippen molar-refractivity contribution in [3.05, 3.63) is 35.9 Å². The van der Waals surface area contributed by atoms with Crippen LogP contribution in [-0.4, -0.2) is 16.2 Å². The van der Waals surface area contributed by atoms with E-state index in [0.29, 0.717) is 6.42 Å². The van der Waals surface area contributed by atoms with Crippen LogP contribution in [-0.2, 0) is 10.4 Å². The monoisotopic (exact) mass is 234 g/mol. The highest BCUT2D eigenvalue weighted by Gasteiger charge is 2.52. The number of aliphatic hydroxyl groups is 1. The minimum absolute atomic E-state index is 0.0888. The summed E-state index contributed by atoms with van der Waals surface area (Å²) in [6.45, 7) is 1.81. The Labute approximate surface area is 101 Å². The maximum absolute atomic E-state index is 11.3. The fraction of sp³-hybridized carbons (Fsp3) is 0.500. The first-order valence-electron chi connectivity index (χ1n) is 6.11. The Morgan fingerprint density at radius 1 is 1.41 bits per heavy atom. The Balaban J connectivity index is 2.42. The van der Waals surface area contributed by atoms with Gasteiger partial charge in [0.1, 0.15) is 5.60 Å². The molecular formula is C14H18O3. The van der Waals surface area contributed by atoms with Crippen LogP contribution >= 0.6 is 0 Å². The molecule has 1 aliphatic rings. The summed E-state index contributed by atoms with van der Waals surface area (Å²) in [5, 5.41) is 20.2. The fourth-order valence-corrected chi connectivity index (χ4v) is 2.62. The Morgan fingerprint density at radius 2 is 2.00 bits per heavy atom. The normalized spacial score (nSPS) is 20.6. The van der Waals surface area contributed by atoms with E-state index in [2.05, 4.69) is 0 Å². The Kier molecular flexibility index (Phi) is 3.20. The van der Waals surface area contributed by atoms with Gasteiger partial charge in [0.2, 0.25) is 0 Å². The molecule has 1 saturated carbocycles. The van der Waals surface area contributed by atoms with Gasteiger partial charge < -0.3 is 10.2 Å². The van der Waals surface area contributed by atoms with Gasteiger partial charge in [-0.1, -0.05) is 37.3 Å². The summed E-state index contributed by atoms with van der Waals surface area (Å²) >= 11 is 0. The van der Waals surface area contributed by atoms with E-state index in [-0.39, 0.29) is 5.92 Å². The van der Waals surface area contributed by atoms with Crippen LogP contribution in [0.1, 0.15) is 31.7 Å². The second-order valence-corrected chi connectivity index (χ2v) is 4.76. The van der Waals surface area contributed by atoms with Crippen molar-refractivity contribution in [2.24, 2.45) is 11.8 Å². The molecule has 0 radical (unpaired) electrons. The molecule has 0 bridgehead atoms. The smallest absolute Gasteiger partial charge is 0.309 e. The summed E-state index contributed by atoms with van der Waals surface area (Å²) in [6.07, 6.45) is 2.27. The molecule has 0 heterocycles. The number of aliphatic carboxylic acids is 1. The van der Waals surface area contributed by atoms with Crippen LogP contribution in [0.2, 0.25) is 0 Å². The largest absolute Gasteiger partial charge is 0.481 e. The molecule has 3 nitrogen and oxygen atoms in total. The van der Waals surface area contributed by atoms with Crippen molar-refractivity contribution >= 4 is 5.97 Å². The first-order chi connectivity index (χ1) is 8.10. The molecule has 1 aliphatic carbocycles. The third kappa shape index (κ3) is 2.07. The van der Waals surface area contributed by atoms with E-state index < -0.39 is 17.5 Å². The maximum Gasteiger partial charge on any atom is 0.309 e. The number of carbonyl (C=O) groups is 1. The molecule has 1 aromatic rings. The van der Waals surface area contributed by atoms with E-state index in [4.69, 9.17) is 0 Å². The first kappa shape index (κ1) is 12.1. The Hall–Kier alpha value is -1.35. The Bertz CT molecular complexity index is 397. The number of benzene rings is 1. The van der Waals surface area contributed by atoms with Crippen molar-refractivity contribution in [3.63, 3.8) is 0 Å². The molecule has 1 fully saturated rings. The van der Waals surface area contributed by atoms with Crippen LogP contribution in [0.25, 0.3) is 0 Å². The van der Waals surface area contributed by atoms with Crippen LogP contribution in [0, 0.1) is 11.8 Å². The lowest BCUT2D eigenvalue weighted by Gasteiger charge is -2.34. The fourth-order valence-electron chi connectivity index (χ4n) is 2.62.